The Balaban J connectivity index is 1.68. The number of phenolic OH excluding ortho intramolecular Hbond substituents is 1. The highest BCUT2D eigenvalue weighted by molar-refractivity contribution is 5.73. The molecule has 1 fully saturated rings. The fraction of sp³-hybridized carbons (Fsp3) is 0.500. The number of rotatable bonds is 3. The summed E-state index contributed by atoms with van der Waals surface area (Å²) in [6, 6.07) is 2.85. The Bertz CT molecular complexity index is 886. The molecule has 1 saturated carbocycles. The maximum Gasteiger partial charge on any atom is 0.416 e. The van der Waals surface area contributed by atoms with Gasteiger partial charge in [0.25, 0.3) is 0 Å². The van der Waals surface area contributed by atoms with Crippen molar-refractivity contribution < 1.29 is 23.4 Å². The number of hydrogen-bond donors (Lipinski definition) is 3. The molecule has 8 heteroatoms. The Morgan fingerprint density at radius 3 is 2.46 bits per heavy atom. The first kappa shape index (κ1) is 19.0. The van der Waals surface area contributed by atoms with Gasteiger partial charge in [-0.05, 0) is 55.9 Å². The van der Waals surface area contributed by atoms with Gasteiger partial charge in [-0.1, -0.05) is 12.8 Å². The second-order valence-electron chi connectivity index (χ2n) is 7.54. The number of aromatic hydroxyl groups is 1. The molecule has 4 rings (SSSR count). The molecular weight excluding hydrogens is 371 g/mol. The minimum Gasteiger partial charge on any atom is -0.507 e. The zero-order chi connectivity index (χ0) is 19.9. The van der Waals surface area contributed by atoms with Gasteiger partial charge in [0.15, 0.2) is 5.82 Å². The van der Waals surface area contributed by atoms with Crippen LogP contribution in [0, 0.1) is 0 Å². The first-order chi connectivity index (χ1) is 13.3. The Morgan fingerprint density at radius 2 is 1.75 bits per heavy atom. The molecule has 0 unspecified atom stereocenters. The third-order valence-corrected chi connectivity index (χ3v) is 5.67. The number of hydrogen-bond acceptors (Lipinski definition) is 5. The summed E-state index contributed by atoms with van der Waals surface area (Å²) in [7, 11) is 0. The maximum absolute atomic E-state index is 12.9. The molecular formula is C20H22F3N3O2. The first-order valence-corrected chi connectivity index (χ1v) is 9.58. The van der Waals surface area contributed by atoms with E-state index in [-0.39, 0.29) is 11.6 Å². The molecule has 2 atom stereocenters. The Kier molecular flexibility index (Phi) is 4.91. The van der Waals surface area contributed by atoms with E-state index in [4.69, 9.17) is 0 Å². The molecule has 0 bridgehead atoms. The topological polar surface area (TPSA) is 78.3 Å². The number of aliphatic hydroxyl groups excluding tert-OH is 1. The van der Waals surface area contributed by atoms with Crippen molar-refractivity contribution in [1.82, 2.24) is 10.2 Å². The lowest BCUT2D eigenvalue weighted by Gasteiger charge is -2.29. The molecule has 0 saturated heterocycles. The highest BCUT2D eigenvalue weighted by atomic mass is 19.4. The maximum atomic E-state index is 12.9. The highest BCUT2D eigenvalue weighted by Crippen LogP contribution is 2.40. The number of nitrogens with one attached hydrogen (secondary N) is 1. The van der Waals surface area contributed by atoms with E-state index in [1.807, 2.05) is 0 Å². The van der Waals surface area contributed by atoms with E-state index in [1.165, 1.54) is 6.07 Å². The van der Waals surface area contributed by atoms with Crippen molar-refractivity contribution in [2.24, 2.45) is 0 Å². The molecule has 150 valence electrons. The van der Waals surface area contributed by atoms with Gasteiger partial charge < -0.3 is 15.5 Å². The van der Waals surface area contributed by atoms with Crippen molar-refractivity contribution in [3.05, 3.63) is 34.9 Å². The van der Waals surface area contributed by atoms with Gasteiger partial charge in [0.1, 0.15) is 11.4 Å². The molecule has 1 heterocycles. The van der Waals surface area contributed by atoms with Gasteiger partial charge in [0.05, 0.1) is 17.7 Å². The SMILES string of the molecule is Oc1cc(C(F)(F)F)ccc1-c1nnc(N[C@@H]2CCCC[C@H]2O)c2c1CCC2. The number of aliphatic hydroxyl groups is 1. The predicted molar refractivity (Wildman–Crippen MR) is 98.0 cm³/mol. The van der Waals surface area contributed by atoms with Gasteiger partial charge >= 0.3 is 6.18 Å². The summed E-state index contributed by atoms with van der Waals surface area (Å²) in [6.07, 6.45) is 1.12. The number of halogens is 3. The van der Waals surface area contributed by atoms with Crippen molar-refractivity contribution in [2.45, 2.75) is 63.3 Å². The molecule has 5 nitrogen and oxygen atoms in total. The Morgan fingerprint density at radius 1 is 1.00 bits per heavy atom. The molecule has 2 aromatic rings. The molecule has 2 aliphatic rings. The molecule has 3 N–H and O–H groups in total. The average molecular weight is 393 g/mol. The zero-order valence-electron chi connectivity index (χ0n) is 15.3. The quantitative estimate of drug-likeness (QED) is 0.733. The van der Waals surface area contributed by atoms with Crippen LogP contribution in [-0.2, 0) is 19.0 Å². The van der Waals surface area contributed by atoms with Crippen molar-refractivity contribution in [1.29, 1.82) is 0 Å². The van der Waals surface area contributed by atoms with Crippen molar-refractivity contribution in [2.75, 3.05) is 5.32 Å². The fourth-order valence-electron chi connectivity index (χ4n) is 4.18. The summed E-state index contributed by atoms with van der Waals surface area (Å²) in [5.41, 5.74) is 1.65. The van der Waals surface area contributed by atoms with E-state index in [0.29, 0.717) is 11.5 Å². The summed E-state index contributed by atoms with van der Waals surface area (Å²) in [5, 5.41) is 32.2. The summed E-state index contributed by atoms with van der Waals surface area (Å²) in [5.74, 6) is 0.176. The van der Waals surface area contributed by atoms with Crippen LogP contribution in [0.15, 0.2) is 18.2 Å². The van der Waals surface area contributed by atoms with E-state index < -0.39 is 23.6 Å². The molecule has 1 aromatic heterocycles. The van der Waals surface area contributed by atoms with Crippen LogP contribution in [0.3, 0.4) is 0 Å². The van der Waals surface area contributed by atoms with E-state index >= 15 is 0 Å². The van der Waals surface area contributed by atoms with Crippen LogP contribution >= 0.6 is 0 Å². The van der Waals surface area contributed by atoms with Crippen LogP contribution in [-0.4, -0.2) is 32.6 Å². The molecule has 0 aliphatic heterocycles. The largest absolute Gasteiger partial charge is 0.507 e. The van der Waals surface area contributed by atoms with Gasteiger partial charge in [0, 0.05) is 11.1 Å². The van der Waals surface area contributed by atoms with Gasteiger partial charge in [-0.15, -0.1) is 10.2 Å². The van der Waals surface area contributed by atoms with Crippen LogP contribution in [0.5, 0.6) is 5.75 Å². The molecule has 1 aromatic carbocycles. The van der Waals surface area contributed by atoms with Gasteiger partial charge in [-0.2, -0.15) is 13.2 Å². The van der Waals surface area contributed by atoms with E-state index in [2.05, 4.69) is 15.5 Å². The number of benzene rings is 1. The van der Waals surface area contributed by atoms with Gasteiger partial charge in [-0.25, -0.2) is 0 Å². The van der Waals surface area contributed by atoms with Gasteiger partial charge in [-0.3, -0.25) is 0 Å². The molecule has 0 radical (unpaired) electrons. The highest BCUT2D eigenvalue weighted by Gasteiger charge is 2.32. The lowest BCUT2D eigenvalue weighted by molar-refractivity contribution is -0.137. The van der Waals surface area contributed by atoms with Crippen LogP contribution in [0.2, 0.25) is 0 Å². The second kappa shape index (κ2) is 7.24. The summed E-state index contributed by atoms with van der Waals surface area (Å²) in [6.45, 7) is 0. The Hall–Kier alpha value is -2.35. The number of anilines is 1. The summed E-state index contributed by atoms with van der Waals surface area (Å²) in [4.78, 5) is 0. The lowest BCUT2D eigenvalue weighted by atomic mass is 9.92. The number of aromatic nitrogens is 2. The minimum absolute atomic E-state index is 0.0712. The standard InChI is InChI=1S/C20H22F3N3O2/c21-20(22,23)11-8-9-14(17(28)10-11)18-12-4-3-5-13(12)19(26-25-18)24-15-6-1-2-7-16(15)27/h8-10,15-16,27-28H,1-7H2,(H,24,26)/t15-,16-/m1/s1. The van der Waals surface area contributed by atoms with Crippen molar-refractivity contribution >= 4 is 5.82 Å². The third-order valence-electron chi connectivity index (χ3n) is 5.67. The smallest absolute Gasteiger partial charge is 0.416 e. The first-order valence-electron chi connectivity index (χ1n) is 9.58. The van der Waals surface area contributed by atoms with Crippen LogP contribution < -0.4 is 5.32 Å². The molecule has 28 heavy (non-hydrogen) atoms. The number of fused-ring (bicyclic) bond motifs is 1. The Labute approximate surface area is 160 Å². The number of phenols is 1. The van der Waals surface area contributed by atoms with Crippen LogP contribution in [0.4, 0.5) is 19.0 Å². The minimum atomic E-state index is -4.52. The molecule has 0 spiro atoms. The average Bonchev–Trinajstić information content (AvgIpc) is 3.13. The van der Waals surface area contributed by atoms with Crippen LogP contribution in [0.1, 0.15) is 48.8 Å². The fourth-order valence-corrected chi connectivity index (χ4v) is 4.18. The van der Waals surface area contributed by atoms with Crippen molar-refractivity contribution in [3.63, 3.8) is 0 Å². The van der Waals surface area contributed by atoms with Crippen molar-refractivity contribution in [3.8, 4) is 17.0 Å². The lowest BCUT2D eigenvalue weighted by Crippen LogP contribution is -2.37. The number of nitrogens with zero attached hydrogens (tertiary/aromatic N) is 2. The monoisotopic (exact) mass is 393 g/mol. The zero-order valence-corrected chi connectivity index (χ0v) is 15.3. The summed E-state index contributed by atoms with van der Waals surface area (Å²) >= 11 is 0. The molecule has 0 amide bonds. The normalized spacial score (nSPS) is 22.1. The van der Waals surface area contributed by atoms with Gasteiger partial charge in [0.2, 0.25) is 0 Å². The third kappa shape index (κ3) is 3.53. The van der Waals surface area contributed by atoms with Crippen LogP contribution in [0.25, 0.3) is 11.3 Å². The van der Waals surface area contributed by atoms with E-state index in [9.17, 15) is 23.4 Å². The number of alkyl halides is 3. The molecule has 2 aliphatic carbocycles. The van der Waals surface area contributed by atoms with E-state index in [1.54, 1.807) is 0 Å². The second-order valence-corrected chi connectivity index (χ2v) is 7.54. The van der Waals surface area contributed by atoms with E-state index in [0.717, 1.165) is 68.2 Å². The summed E-state index contributed by atoms with van der Waals surface area (Å²) < 4.78 is 38.6. The predicted octanol–water partition coefficient (Wildman–Crippen LogP) is 4.07.